The summed E-state index contributed by atoms with van der Waals surface area (Å²) in [5.41, 5.74) is 0.397. The van der Waals surface area contributed by atoms with Crippen LogP contribution in [0.5, 0.6) is 17.2 Å². The number of hydrogen-bond acceptors (Lipinski definition) is 5. The molecule has 2 aromatic carbocycles. The molecule has 124 valence electrons. The van der Waals surface area contributed by atoms with Crippen LogP contribution in [-0.2, 0) is 4.79 Å². The molecule has 0 aliphatic carbocycles. The van der Waals surface area contributed by atoms with E-state index in [2.05, 4.69) is 0 Å². The third-order valence-corrected chi connectivity index (χ3v) is 3.37. The number of carboxylic acids is 1. The summed E-state index contributed by atoms with van der Waals surface area (Å²) >= 11 is 6.19. The number of nitrogens with zero attached hydrogens (tertiary/aromatic N) is 1. The predicted molar refractivity (Wildman–Crippen MR) is 87.8 cm³/mol. The number of rotatable bonds is 6. The Morgan fingerprint density at radius 1 is 1.25 bits per heavy atom. The number of non-ortho nitro benzene ring substituents is 1. The van der Waals surface area contributed by atoms with E-state index in [1.165, 1.54) is 37.5 Å². The number of carboxylic acid groups (broad SMARTS) is 1. The fraction of sp³-hybridized carbons (Fsp3) is 0.0625. The zero-order valence-corrected chi connectivity index (χ0v) is 13.2. The molecule has 0 atom stereocenters. The number of halogens is 1. The summed E-state index contributed by atoms with van der Waals surface area (Å²) in [6, 6.07) is 8.66. The Balaban J connectivity index is 2.31. The highest BCUT2D eigenvalue weighted by Gasteiger charge is 2.14. The van der Waals surface area contributed by atoms with Crippen molar-refractivity contribution in [2.75, 3.05) is 7.11 Å². The van der Waals surface area contributed by atoms with Crippen molar-refractivity contribution < 1.29 is 24.3 Å². The second-order valence-corrected chi connectivity index (χ2v) is 4.90. The SMILES string of the molecule is COc1c(Oc2ccc([N+](=O)[O-])cc2)ccc(C=CC(=O)O)c1Cl. The van der Waals surface area contributed by atoms with Crippen LogP contribution in [0.1, 0.15) is 5.56 Å². The molecule has 0 saturated heterocycles. The molecule has 0 spiro atoms. The van der Waals surface area contributed by atoms with Crippen LogP contribution in [0.3, 0.4) is 0 Å². The van der Waals surface area contributed by atoms with E-state index in [0.29, 0.717) is 17.1 Å². The van der Waals surface area contributed by atoms with Crippen molar-refractivity contribution in [3.05, 3.63) is 63.2 Å². The zero-order valence-electron chi connectivity index (χ0n) is 12.4. The second-order valence-electron chi connectivity index (χ2n) is 4.52. The highest BCUT2D eigenvalue weighted by atomic mass is 35.5. The summed E-state index contributed by atoms with van der Waals surface area (Å²) < 4.78 is 10.8. The maximum Gasteiger partial charge on any atom is 0.328 e. The van der Waals surface area contributed by atoms with Gasteiger partial charge in [0.15, 0.2) is 11.5 Å². The number of ether oxygens (including phenoxy) is 2. The van der Waals surface area contributed by atoms with Gasteiger partial charge in [0.25, 0.3) is 5.69 Å². The molecule has 0 radical (unpaired) electrons. The standard InChI is InChI=1S/C16H12ClNO6/c1-23-16-13(8-2-10(15(16)17)3-9-14(19)20)24-12-6-4-11(5-7-12)18(21)22/h2-9H,1H3,(H,19,20). The molecule has 1 N–H and O–H groups in total. The summed E-state index contributed by atoms with van der Waals surface area (Å²) in [6.07, 6.45) is 2.29. The third kappa shape index (κ3) is 4.02. The van der Waals surface area contributed by atoms with E-state index < -0.39 is 10.9 Å². The summed E-state index contributed by atoms with van der Waals surface area (Å²) in [7, 11) is 1.40. The van der Waals surface area contributed by atoms with Crippen LogP contribution >= 0.6 is 11.6 Å². The molecule has 0 unspecified atom stereocenters. The highest BCUT2D eigenvalue weighted by molar-refractivity contribution is 6.33. The van der Waals surface area contributed by atoms with Crippen LogP contribution in [0.15, 0.2) is 42.5 Å². The molecular formula is C16H12ClNO6. The van der Waals surface area contributed by atoms with Crippen LogP contribution in [0.25, 0.3) is 6.08 Å². The molecule has 7 nitrogen and oxygen atoms in total. The van der Waals surface area contributed by atoms with Crippen LogP contribution in [-0.4, -0.2) is 23.1 Å². The van der Waals surface area contributed by atoms with Gasteiger partial charge in [0.1, 0.15) is 5.75 Å². The maximum absolute atomic E-state index is 10.6. The van der Waals surface area contributed by atoms with Gasteiger partial charge in [-0.05, 0) is 35.9 Å². The predicted octanol–water partition coefficient (Wildman–Crippen LogP) is 4.15. The third-order valence-electron chi connectivity index (χ3n) is 2.98. The lowest BCUT2D eigenvalue weighted by Gasteiger charge is -2.13. The molecule has 0 aliphatic rings. The van der Waals surface area contributed by atoms with Gasteiger partial charge in [-0.15, -0.1) is 0 Å². The van der Waals surface area contributed by atoms with Crippen molar-refractivity contribution in [3.8, 4) is 17.2 Å². The fourth-order valence-electron chi connectivity index (χ4n) is 1.88. The number of aliphatic carboxylic acids is 1. The van der Waals surface area contributed by atoms with Gasteiger partial charge in [-0.2, -0.15) is 0 Å². The van der Waals surface area contributed by atoms with Gasteiger partial charge in [-0.3, -0.25) is 10.1 Å². The normalized spacial score (nSPS) is 10.6. The number of carbonyl (C=O) groups is 1. The number of nitro benzene ring substituents is 1. The van der Waals surface area contributed by atoms with E-state index in [4.69, 9.17) is 26.2 Å². The van der Waals surface area contributed by atoms with E-state index in [9.17, 15) is 14.9 Å². The lowest BCUT2D eigenvalue weighted by atomic mass is 10.2. The highest BCUT2D eigenvalue weighted by Crippen LogP contribution is 2.40. The summed E-state index contributed by atoms with van der Waals surface area (Å²) in [4.78, 5) is 20.7. The number of methoxy groups -OCH3 is 1. The Labute approximate surface area is 141 Å². The monoisotopic (exact) mass is 349 g/mol. The van der Waals surface area contributed by atoms with E-state index in [1.807, 2.05) is 0 Å². The van der Waals surface area contributed by atoms with Crippen molar-refractivity contribution >= 4 is 29.3 Å². The zero-order chi connectivity index (χ0) is 17.7. The van der Waals surface area contributed by atoms with Crippen LogP contribution < -0.4 is 9.47 Å². The Morgan fingerprint density at radius 3 is 2.46 bits per heavy atom. The first kappa shape index (κ1) is 17.3. The Morgan fingerprint density at radius 2 is 1.92 bits per heavy atom. The van der Waals surface area contributed by atoms with Gasteiger partial charge in [-0.25, -0.2) is 4.79 Å². The first-order valence-electron chi connectivity index (χ1n) is 6.62. The van der Waals surface area contributed by atoms with Gasteiger partial charge in [0.05, 0.1) is 17.1 Å². The van der Waals surface area contributed by atoms with Gasteiger partial charge >= 0.3 is 5.97 Å². The smallest absolute Gasteiger partial charge is 0.328 e. The number of nitro groups is 1. The Kier molecular flexibility index (Phi) is 5.39. The molecule has 0 fully saturated rings. The molecule has 0 heterocycles. The molecule has 24 heavy (non-hydrogen) atoms. The minimum Gasteiger partial charge on any atom is -0.491 e. The van der Waals surface area contributed by atoms with Gasteiger partial charge in [-0.1, -0.05) is 11.6 Å². The van der Waals surface area contributed by atoms with Crippen LogP contribution in [0.2, 0.25) is 5.02 Å². The molecule has 2 aromatic rings. The molecule has 8 heteroatoms. The second kappa shape index (κ2) is 7.47. The fourth-order valence-corrected chi connectivity index (χ4v) is 2.17. The average Bonchev–Trinajstić information content (AvgIpc) is 2.54. The molecule has 0 saturated carbocycles. The molecule has 0 aliphatic heterocycles. The topological polar surface area (TPSA) is 98.9 Å². The van der Waals surface area contributed by atoms with Crippen molar-refractivity contribution in [2.45, 2.75) is 0 Å². The lowest BCUT2D eigenvalue weighted by molar-refractivity contribution is -0.384. The quantitative estimate of drug-likeness (QED) is 0.478. The molecule has 0 amide bonds. The minimum atomic E-state index is -1.10. The number of hydrogen-bond donors (Lipinski definition) is 1. The molecule has 0 aromatic heterocycles. The average molecular weight is 350 g/mol. The molecule has 2 rings (SSSR count). The molecular weight excluding hydrogens is 338 g/mol. The summed E-state index contributed by atoms with van der Waals surface area (Å²) in [6.45, 7) is 0. The summed E-state index contributed by atoms with van der Waals surface area (Å²) in [5.74, 6) is -0.216. The summed E-state index contributed by atoms with van der Waals surface area (Å²) in [5, 5.41) is 19.5. The van der Waals surface area contributed by atoms with E-state index in [0.717, 1.165) is 6.08 Å². The van der Waals surface area contributed by atoms with E-state index in [-0.39, 0.29) is 16.5 Å². The van der Waals surface area contributed by atoms with Crippen molar-refractivity contribution in [3.63, 3.8) is 0 Å². The van der Waals surface area contributed by atoms with Crippen molar-refractivity contribution in [1.82, 2.24) is 0 Å². The first-order chi connectivity index (χ1) is 11.4. The first-order valence-corrected chi connectivity index (χ1v) is 7.00. The number of benzene rings is 2. The lowest BCUT2D eigenvalue weighted by Crippen LogP contribution is -1.94. The van der Waals surface area contributed by atoms with E-state index >= 15 is 0 Å². The Bertz CT molecular complexity index is 801. The van der Waals surface area contributed by atoms with Crippen LogP contribution in [0.4, 0.5) is 5.69 Å². The minimum absolute atomic E-state index is 0.0542. The maximum atomic E-state index is 10.6. The van der Waals surface area contributed by atoms with Crippen molar-refractivity contribution in [2.24, 2.45) is 0 Å². The largest absolute Gasteiger partial charge is 0.491 e. The van der Waals surface area contributed by atoms with Gasteiger partial charge < -0.3 is 14.6 Å². The Hall–Kier alpha value is -3.06. The van der Waals surface area contributed by atoms with E-state index in [1.54, 1.807) is 12.1 Å². The van der Waals surface area contributed by atoms with Crippen LogP contribution in [0, 0.1) is 10.1 Å². The van der Waals surface area contributed by atoms with Gasteiger partial charge in [0.2, 0.25) is 0 Å². The molecule has 0 bridgehead atoms. The van der Waals surface area contributed by atoms with Gasteiger partial charge in [0, 0.05) is 18.2 Å². The van der Waals surface area contributed by atoms with Crippen molar-refractivity contribution in [1.29, 1.82) is 0 Å².